The maximum Gasteiger partial charge on any atom is 0.153 e. The monoisotopic (exact) mass is 300 g/mol. The predicted octanol–water partition coefficient (Wildman–Crippen LogP) is 4.03. The number of alkyl halides is 1. The van der Waals surface area contributed by atoms with Crippen molar-refractivity contribution in [2.75, 3.05) is 5.33 Å². The summed E-state index contributed by atoms with van der Waals surface area (Å²) in [6, 6.07) is 5.95. The Morgan fingerprint density at radius 1 is 1.50 bits per heavy atom. The quantitative estimate of drug-likeness (QED) is 0.770. The molecule has 2 rings (SSSR count). The summed E-state index contributed by atoms with van der Waals surface area (Å²) in [6.45, 7) is 1.98. The first-order valence-electron chi connectivity index (χ1n) is 5.46. The molecule has 1 aromatic carbocycles. The highest BCUT2D eigenvalue weighted by Gasteiger charge is 2.44. The van der Waals surface area contributed by atoms with Gasteiger partial charge in [0.15, 0.2) is 5.78 Å². The van der Waals surface area contributed by atoms with Crippen molar-refractivity contribution >= 4 is 33.3 Å². The summed E-state index contributed by atoms with van der Waals surface area (Å²) in [5.41, 5.74) is 1.94. The van der Waals surface area contributed by atoms with Crippen LogP contribution in [0.2, 0.25) is 5.02 Å². The van der Waals surface area contributed by atoms with Gasteiger partial charge in [0.25, 0.3) is 0 Å². The Morgan fingerprint density at radius 2 is 2.19 bits per heavy atom. The summed E-state index contributed by atoms with van der Waals surface area (Å²) in [5.74, 6) is 0.292. The number of carbonyl (C=O) groups excluding carboxylic acids is 1. The van der Waals surface area contributed by atoms with Gasteiger partial charge in [0.05, 0.1) is 10.7 Å². The van der Waals surface area contributed by atoms with Crippen LogP contribution in [-0.2, 0) is 10.2 Å². The topological polar surface area (TPSA) is 17.1 Å². The standard InChI is InChI=1S/C13H14BrClO/c1-9-7-10(3-4-11(9)15)13(5-2-6-13)12(16)8-14/h3-4,7H,2,5-6,8H2,1H3. The Hall–Kier alpha value is -0.340. The Labute approximate surface area is 109 Å². The minimum Gasteiger partial charge on any atom is -0.298 e. The number of ketones is 1. The normalized spacial score (nSPS) is 17.9. The second-order valence-electron chi connectivity index (χ2n) is 4.46. The fraction of sp³-hybridized carbons (Fsp3) is 0.462. The molecule has 0 heterocycles. The van der Waals surface area contributed by atoms with Crippen LogP contribution in [0.1, 0.15) is 30.4 Å². The van der Waals surface area contributed by atoms with Gasteiger partial charge in [-0.25, -0.2) is 0 Å². The Morgan fingerprint density at radius 3 is 2.62 bits per heavy atom. The third kappa shape index (κ3) is 1.82. The summed E-state index contributed by atoms with van der Waals surface area (Å²) in [7, 11) is 0. The zero-order chi connectivity index (χ0) is 11.8. The van der Waals surface area contributed by atoms with Crippen molar-refractivity contribution < 1.29 is 4.79 Å². The van der Waals surface area contributed by atoms with Gasteiger partial charge in [0, 0.05) is 5.02 Å². The van der Waals surface area contributed by atoms with Gasteiger partial charge in [-0.2, -0.15) is 0 Å². The highest BCUT2D eigenvalue weighted by molar-refractivity contribution is 9.09. The van der Waals surface area contributed by atoms with Gasteiger partial charge < -0.3 is 0 Å². The SMILES string of the molecule is Cc1cc(C2(C(=O)CBr)CCC2)ccc1Cl. The van der Waals surface area contributed by atoms with E-state index in [1.165, 1.54) is 0 Å². The minimum absolute atomic E-state index is 0.237. The molecule has 1 aromatic rings. The molecule has 0 N–H and O–H groups in total. The van der Waals surface area contributed by atoms with E-state index in [-0.39, 0.29) is 5.41 Å². The molecular formula is C13H14BrClO. The molecule has 0 aromatic heterocycles. The Bertz CT molecular complexity index is 424. The van der Waals surface area contributed by atoms with Crippen molar-refractivity contribution in [1.29, 1.82) is 0 Å². The molecule has 0 spiro atoms. The van der Waals surface area contributed by atoms with Gasteiger partial charge in [0.1, 0.15) is 0 Å². The number of Topliss-reactive ketones (excluding diaryl/α,β-unsaturated/α-hetero) is 1. The van der Waals surface area contributed by atoms with Crippen LogP contribution < -0.4 is 0 Å². The van der Waals surface area contributed by atoms with Crippen LogP contribution in [0.3, 0.4) is 0 Å². The average Bonchev–Trinajstić information content (AvgIpc) is 2.21. The lowest BCUT2D eigenvalue weighted by Gasteiger charge is -2.40. The van der Waals surface area contributed by atoms with Crippen LogP contribution in [0.15, 0.2) is 18.2 Å². The molecule has 0 aliphatic heterocycles. The molecule has 1 aliphatic rings. The molecule has 0 radical (unpaired) electrons. The second kappa shape index (κ2) is 4.50. The zero-order valence-corrected chi connectivity index (χ0v) is 11.6. The van der Waals surface area contributed by atoms with Gasteiger partial charge in [-0.1, -0.05) is 46.1 Å². The molecule has 16 heavy (non-hydrogen) atoms. The molecule has 86 valence electrons. The third-order valence-corrected chi connectivity index (χ3v) is 4.51. The van der Waals surface area contributed by atoms with Crippen molar-refractivity contribution in [3.63, 3.8) is 0 Å². The summed E-state index contributed by atoms with van der Waals surface area (Å²) in [5, 5.41) is 1.21. The lowest BCUT2D eigenvalue weighted by atomic mass is 9.62. The van der Waals surface area contributed by atoms with Gasteiger partial charge in [-0.05, 0) is 37.0 Å². The molecule has 1 saturated carbocycles. The minimum atomic E-state index is -0.237. The van der Waals surface area contributed by atoms with Crippen LogP contribution >= 0.6 is 27.5 Å². The fourth-order valence-electron chi connectivity index (χ4n) is 2.33. The van der Waals surface area contributed by atoms with Crippen LogP contribution in [0, 0.1) is 6.92 Å². The van der Waals surface area contributed by atoms with E-state index >= 15 is 0 Å². The third-order valence-electron chi connectivity index (χ3n) is 3.57. The predicted molar refractivity (Wildman–Crippen MR) is 70.5 cm³/mol. The number of carbonyl (C=O) groups is 1. The number of hydrogen-bond donors (Lipinski definition) is 0. The van der Waals surface area contributed by atoms with Gasteiger partial charge in [0.2, 0.25) is 0 Å². The smallest absolute Gasteiger partial charge is 0.153 e. The van der Waals surface area contributed by atoms with E-state index in [4.69, 9.17) is 11.6 Å². The molecule has 1 nitrogen and oxygen atoms in total. The summed E-state index contributed by atoms with van der Waals surface area (Å²) < 4.78 is 0. The molecule has 1 fully saturated rings. The van der Waals surface area contributed by atoms with Crippen LogP contribution in [-0.4, -0.2) is 11.1 Å². The van der Waals surface area contributed by atoms with Crippen molar-refractivity contribution in [3.8, 4) is 0 Å². The highest BCUT2D eigenvalue weighted by Crippen LogP contribution is 2.45. The van der Waals surface area contributed by atoms with E-state index in [0.29, 0.717) is 11.1 Å². The Kier molecular flexibility index (Phi) is 3.41. The molecule has 1 aliphatic carbocycles. The molecule has 0 atom stereocenters. The molecular weight excluding hydrogens is 287 g/mol. The second-order valence-corrected chi connectivity index (χ2v) is 5.42. The zero-order valence-electron chi connectivity index (χ0n) is 9.22. The first kappa shape index (κ1) is 12.1. The van der Waals surface area contributed by atoms with Crippen LogP contribution in [0.25, 0.3) is 0 Å². The first-order valence-corrected chi connectivity index (χ1v) is 6.96. The van der Waals surface area contributed by atoms with E-state index < -0.39 is 0 Å². The van der Waals surface area contributed by atoms with Gasteiger partial charge in [-0.3, -0.25) is 4.79 Å². The van der Waals surface area contributed by atoms with E-state index in [0.717, 1.165) is 35.4 Å². The fourth-order valence-corrected chi connectivity index (χ4v) is 2.98. The lowest BCUT2D eigenvalue weighted by Crippen LogP contribution is -2.43. The maximum absolute atomic E-state index is 12.0. The van der Waals surface area contributed by atoms with E-state index in [9.17, 15) is 4.79 Å². The number of halogens is 2. The molecule has 0 amide bonds. The molecule has 0 unspecified atom stereocenters. The number of benzene rings is 1. The summed E-state index contributed by atoms with van der Waals surface area (Å²) in [6.07, 6.45) is 3.08. The Balaban J connectivity index is 2.41. The summed E-state index contributed by atoms with van der Waals surface area (Å²) >= 11 is 9.29. The largest absolute Gasteiger partial charge is 0.298 e. The molecule has 3 heteroatoms. The molecule has 0 bridgehead atoms. The van der Waals surface area contributed by atoms with Crippen molar-refractivity contribution in [2.24, 2.45) is 0 Å². The first-order chi connectivity index (χ1) is 7.60. The lowest BCUT2D eigenvalue weighted by molar-refractivity contribution is -0.124. The number of rotatable bonds is 3. The van der Waals surface area contributed by atoms with Crippen molar-refractivity contribution in [2.45, 2.75) is 31.6 Å². The van der Waals surface area contributed by atoms with Crippen LogP contribution in [0.4, 0.5) is 0 Å². The van der Waals surface area contributed by atoms with Gasteiger partial charge in [-0.15, -0.1) is 0 Å². The average molecular weight is 302 g/mol. The van der Waals surface area contributed by atoms with Gasteiger partial charge >= 0.3 is 0 Å². The van der Waals surface area contributed by atoms with Crippen molar-refractivity contribution in [3.05, 3.63) is 34.3 Å². The maximum atomic E-state index is 12.0. The number of aryl methyl sites for hydroxylation is 1. The highest BCUT2D eigenvalue weighted by atomic mass is 79.9. The van der Waals surface area contributed by atoms with E-state index in [1.807, 2.05) is 19.1 Å². The summed E-state index contributed by atoms with van der Waals surface area (Å²) in [4.78, 5) is 12.0. The van der Waals surface area contributed by atoms with E-state index in [1.54, 1.807) is 0 Å². The van der Waals surface area contributed by atoms with Crippen molar-refractivity contribution in [1.82, 2.24) is 0 Å². The van der Waals surface area contributed by atoms with E-state index in [2.05, 4.69) is 22.0 Å². The number of hydrogen-bond acceptors (Lipinski definition) is 1. The molecule has 0 saturated heterocycles. The van der Waals surface area contributed by atoms with Crippen LogP contribution in [0.5, 0.6) is 0 Å².